The number of hydrogen-bond acceptors (Lipinski definition) is 4. The molecule has 0 unspecified atom stereocenters. The fourth-order valence-electron chi connectivity index (χ4n) is 1.58. The molecule has 21 heavy (non-hydrogen) atoms. The number of methoxy groups -OCH3 is 1. The van der Waals surface area contributed by atoms with Gasteiger partial charge in [-0.1, -0.05) is 12.1 Å². The second-order valence-electron chi connectivity index (χ2n) is 4.20. The van der Waals surface area contributed by atoms with E-state index in [0.717, 1.165) is 5.56 Å². The van der Waals surface area contributed by atoms with Crippen molar-refractivity contribution in [2.75, 3.05) is 34.4 Å². The molecule has 0 fully saturated rings. The largest absolute Gasteiger partial charge is 0.383 e. The summed E-state index contributed by atoms with van der Waals surface area (Å²) in [7, 11) is 1.33. The third-order valence-electron chi connectivity index (χ3n) is 2.78. The molecule has 0 atom stereocenters. The van der Waals surface area contributed by atoms with Gasteiger partial charge in [0.2, 0.25) is 10.0 Å². The molecule has 0 saturated heterocycles. The lowest BCUT2D eigenvalue weighted by Gasteiger charge is -2.11. The lowest BCUT2D eigenvalue weighted by molar-refractivity contribution is 0.203. The number of sulfonamides is 1. The Kier molecular flexibility index (Phi) is 7.13. The molecule has 1 aromatic carbocycles. The lowest BCUT2D eigenvalue weighted by Crippen LogP contribution is -2.38. The van der Waals surface area contributed by atoms with Crippen molar-refractivity contribution in [3.63, 3.8) is 0 Å². The van der Waals surface area contributed by atoms with Crippen LogP contribution in [0.3, 0.4) is 0 Å². The Bertz CT molecular complexity index is 555. The smallest absolute Gasteiger partial charge is 0.240 e. The third-order valence-corrected chi connectivity index (χ3v) is 4.21. The maximum absolute atomic E-state index is 11.6. The molecular weight excluding hydrogens is 292 g/mol. The first kappa shape index (κ1) is 17.4. The summed E-state index contributed by atoms with van der Waals surface area (Å²) in [5.74, 6) is 0.666. The van der Waals surface area contributed by atoms with Gasteiger partial charge in [0, 0.05) is 27.2 Å². The zero-order valence-corrected chi connectivity index (χ0v) is 13.3. The Morgan fingerprint density at radius 1 is 1.24 bits per heavy atom. The lowest BCUT2D eigenvalue weighted by atomic mass is 10.2. The molecule has 0 amide bonds. The van der Waals surface area contributed by atoms with Crippen LogP contribution in [-0.2, 0) is 21.3 Å². The van der Waals surface area contributed by atoms with Gasteiger partial charge in [0.25, 0.3) is 0 Å². The van der Waals surface area contributed by atoms with Crippen LogP contribution < -0.4 is 15.4 Å². The highest BCUT2D eigenvalue weighted by atomic mass is 32.2. The molecular formula is C13H22N4O3S. The second kappa shape index (κ2) is 8.60. The molecule has 0 aliphatic rings. The Balaban J connectivity index is 2.56. The minimum absolute atomic E-state index is 0.247. The Hall–Kier alpha value is -1.64. The number of rotatable bonds is 7. The Labute approximate surface area is 125 Å². The van der Waals surface area contributed by atoms with Gasteiger partial charge in [0.1, 0.15) is 0 Å². The fourth-order valence-corrected chi connectivity index (χ4v) is 2.31. The third kappa shape index (κ3) is 5.70. The maximum Gasteiger partial charge on any atom is 0.240 e. The zero-order chi connectivity index (χ0) is 15.7. The summed E-state index contributed by atoms with van der Waals surface area (Å²) in [6.45, 7) is 1.80. The minimum Gasteiger partial charge on any atom is -0.383 e. The van der Waals surface area contributed by atoms with Gasteiger partial charge < -0.3 is 15.4 Å². The molecule has 0 saturated carbocycles. The van der Waals surface area contributed by atoms with Crippen molar-refractivity contribution < 1.29 is 13.2 Å². The van der Waals surface area contributed by atoms with Gasteiger partial charge in [-0.3, -0.25) is 4.99 Å². The van der Waals surface area contributed by atoms with Crippen LogP contribution in [-0.4, -0.2) is 48.7 Å². The fraction of sp³-hybridized carbons (Fsp3) is 0.462. The van der Waals surface area contributed by atoms with Crippen LogP contribution in [0, 0.1) is 0 Å². The summed E-state index contributed by atoms with van der Waals surface area (Å²) in [5, 5.41) is 6.23. The van der Waals surface area contributed by atoms with Crippen LogP contribution in [0.5, 0.6) is 0 Å². The molecule has 3 N–H and O–H groups in total. The number of nitrogens with zero attached hydrogens (tertiary/aromatic N) is 1. The first-order chi connectivity index (χ1) is 10.0. The van der Waals surface area contributed by atoms with Gasteiger partial charge in [-0.25, -0.2) is 13.1 Å². The molecule has 0 aliphatic carbocycles. The second-order valence-corrected chi connectivity index (χ2v) is 6.08. The van der Waals surface area contributed by atoms with Crippen molar-refractivity contribution in [2.24, 2.45) is 4.99 Å². The molecule has 118 valence electrons. The Morgan fingerprint density at radius 2 is 1.90 bits per heavy atom. The molecule has 0 spiro atoms. The first-order valence-electron chi connectivity index (χ1n) is 6.49. The highest BCUT2D eigenvalue weighted by Crippen LogP contribution is 2.09. The quantitative estimate of drug-likeness (QED) is 0.371. The van der Waals surface area contributed by atoms with Crippen molar-refractivity contribution in [2.45, 2.75) is 11.4 Å². The molecule has 0 aromatic heterocycles. The zero-order valence-electron chi connectivity index (χ0n) is 12.5. The van der Waals surface area contributed by atoms with Crippen LogP contribution in [0.1, 0.15) is 5.56 Å². The van der Waals surface area contributed by atoms with E-state index in [0.29, 0.717) is 25.7 Å². The van der Waals surface area contributed by atoms with E-state index < -0.39 is 10.0 Å². The van der Waals surface area contributed by atoms with Gasteiger partial charge in [-0.15, -0.1) is 0 Å². The van der Waals surface area contributed by atoms with Gasteiger partial charge in [-0.2, -0.15) is 0 Å². The number of ether oxygens (including phenoxy) is 1. The topological polar surface area (TPSA) is 91.8 Å². The molecule has 7 nitrogen and oxygen atoms in total. The van der Waals surface area contributed by atoms with E-state index in [4.69, 9.17) is 4.74 Å². The standard InChI is InChI=1S/C13H22N4O3S/c1-14-13(16-8-9-20-3)17-10-11-4-6-12(7-5-11)21(18,19)15-2/h4-7,15H,8-10H2,1-3H3,(H2,14,16,17). The van der Waals surface area contributed by atoms with Crippen LogP contribution in [0.4, 0.5) is 0 Å². The highest BCUT2D eigenvalue weighted by molar-refractivity contribution is 7.89. The number of hydrogen-bond donors (Lipinski definition) is 3. The molecule has 0 bridgehead atoms. The van der Waals surface area contributed by atoms with E-state index in [-0.39, 0.29) is 4.90 Å². The predicted octanol–water partition coefficient (Wildman–Crippen LogP) is -0.0939. The average Bonchev–Trinajstić information content (AvgIpc) is 2.51. The van der Waals surface area contributed by atoms with Crippen LogP contribution in [0.15, 0.2) is 34.2 Å². The van der Waals surface area contributed by atoms with E-state index in [2.05, 4.69) is 20.3 Å². The summed E-state index contributed by atoms with van der Waals surface area (Å²) < 4.78 is 30.4. The van der Waals surface area contributed by atoms with Crippen molar-refractivity contribution in [1.82, 2.24) is 15.4 Å². The molecule has 0 aliphatic heterocycles. The van der Waals surface area contributed by atoms with Crippen molar-refractivity contribution in [3.8, 4) is 0 Å². The van der Waals surface area contributed by atoms with Crippen LogP contribution >= 0.6 is 0 Å². The van der Waals surface area contributed by atoms with Gasteiger partial charge >= 0.3 is 0 Å². The van der Waals surface area contributed by atoms with Gasteiger partial charge in [0.05, 0.1) is 11.5 Å². The normalized spacial score (nSPS) is 12.2. The first-order valence-corrected chi connectivity index (χ1v) is 7.97. The summed E-state index contributed by atoms with van der Waals surface area (Å²) in [5.41, 5.74) is 0.958. The van der Waals surface area contributed by atoms with E-state index in [9.17, 15) is 8.42 Å². The van der Waals surface area contributed by atoms with Gasteiger partial charge in [-0.05, 0) is 24.7 Å². The highest BCUT2D eigenvalue weighted by Gasteiger charge is 2.10. The van der Waals surface area contributed by atoms with Crippen molar-refractivity contribution in [1.29, 1.82) is 0 Å². The summed E-state index contributed by atoms with van der Waals surface area (Å²) in [6, 6.07) is 6.67. The molecule has 1 aromatic rings. The number of guanidine groups is 1. The van der Waals surface area contributed by atoms with E-state index in [1.165, 1.54) is 7.05 Å². The van der Waals surface area contributed by atoms with Crippen molar-refractivity contribution >= 4 is 16.0 Å². The van der Waals surface area contributed by atoms with Crippen molar-refractivity contribution in [3.05, 3.63) is 29.8 Å². The molecule has 1 rings (SSSR count). The maximum atomic E-state index is 11.6. The SMILES string of the molecule is CN=C(NCCOC)NCc1ccc(S(=O)(=O)NC)cc1. The van der Waals surface area contributed by atoms with E-state index in [1.807, 2.05) is 0 Å². The number of aliphatic imine (C=N–C) groups is 1. The van der Waals surface area contributed by atoms with Crippen LogP contribution in [0.25, 0.3) is 0 Å². The molecule has 0 heterocycles. The van der Waals surface area contributed by atoms with Crippen LogP contribution in [0.2, 0.25) is 0 Å². The summed E-state index contributed by atoms with van der Waals surface area (Å²) in [4.78, 5) is 4.32. The molecule has 8 heteroatoms. The predicted molar refractivity (Wildman–Crippen MR) is 82.8 cm³/mol. The summed E-state index contributed by atoms with van der Waals surface area (Å²) >= 11 is 0. The molecule has 0 radical (unpaired) electrons. The number of benzene rings is 1. The number of nitrogens with one attached hydrogen (secondary N) is 3. The van der Waals surface area contributed by atoms with E-state index in [1.54, 1.807) is 38.4 Å². The van der Waals surface area contributed by atoms with Gasteiger partial charge in [0.15, 0.2) is 5.96 Å². The summed E-state index contributed by atoms with van der Waals surface area (Å²) in [6.07, 6.45) is 0. The van der Waals surface area contributed by atoms with E-state index >= 15 is 0 Å². The monoisotopic (exact) mass is 314 g/mol. The average molecular weight is 314 g/mol. The Morgan fingerprint density at radius 3 is 2.43 bits per heavy atom. The minimum atomic E-state index is -3.39.